The average Bonchev–Trinajstić information content (AvgIpc) is 2.53. The van der Waals surface area contributed by atoms with Gasteiger partial charge in [-0.1, -0.05) is 19.4 Å². The Bertz CT molecular complexity index is 506. The Morgan fingerprint density at radius 3 is 2.74 bits per heavy atom. The molecule has 0 saturated heterocycles. The van der Waals surface area contributed by atoms with Crippen LogP contribution in [0.4, 0.5) is 0 Å². The van der Waals surface area contributed by atoms with Gasteiger partial charge in [-0.2, -0.15) is 0 Å². The summed E-state index contributed by atoms with van der Waals surface area (Å²) in [6, 6.07) is 3.94. The van der Waals surface area contributed by atoms with Crippen molar-refractivity contribution in [1.82, 2.24) is 15.6 Å². The van der Waals surface area contributed by atoms with Gasteiger partial charge in [-0.05, 0) is 44.6 Å². The van der Waals surface area contributed by atoms with Gasteiger partial charge < -0.3 is 15.4 Å². The molecule has 5 nitrogen and oxygen atoms in total. The number of hydrogen-bond acceptors (Lipinski definition) is 3. The van der Waals surface area contributed by atoms with Gasteiger partial charge in [0.2, 0.25) is 5.88 Å². The van der Waals surface area contributed by atoms with Crippen molar-refractivity contribution in [3.8, 4) is 5.88 Å². The Balaban J connectivity index is 1.98. The lowest BCUT2D eigenvalue weighted by Gasteiger charge is -2.41. The quantitative estimate of drug-likeness (QED) is 0.571. The average molecular weight is 318 g/mol. The predicted octanol–water partition coefficient (Wildman–Crippen LogP) is 3.12. The van der Waals surface area contributed by atoms with Crippen LogP contribution in [0.3, 0.4) is 0 Å². The third-order valence-electron chi connectivity index (χ3n) is 4.68. The molecule has 0 bridgehead atoms. The van der Waals surface area contributed by atoms with E-state index in [1.165, 1.54) is 25.7 Å². The summed E-state index contributed by atoms with van der Waals surface area (Å²) in [4.78, 5) is 8.98. The summed E-state index contributed by atoms with van der Waals surface area (Å²) < 4.78 is 5.57. The maximum absolute atomic E-state index is 5.57. The maximum Gasteiger partial charge on any atom is 0.218 e. The molecule has 23 heavy (non-hydrogen) atoms. The first-order valence-electron chi connectivity index (χ1n) is 8.82. The van der Waals surface area contributed by atoms with Crippen molar-refractivity contribution in [2.75, 3.05) is 19.7 Å². The summed E-state index contributed by atoms with van der Waals surface area (Å²) in [6.45, 7) is 9.39. The molecule has 128 valence electrons. The third kappa shape index (κ3) is 4.85. The van der Waals surface area contributed by atoms with Crippen molar-refractivity contribution in [2.45, 2.75) is 53.0 Å². The highest BCUT2D eigenvalue weighted by atomic mass is 16.5. The molecule has 0 radical (unpaired) electrons. The van der Waals surface area contributed by atoms with Crippen LogP contribution in [0.15, 0.2) is 23.3 Å². The molecule has 2 N–H and O–H groups in total. The van der Waals surface area contributed by atoms with Crippen molar-refractivity contribution in [1.29, 1.82) is 0 Å². The van der Waals surface area contributed by atoms with Gasteiger partial charge in [0.25, 0.3) is 0 Å². The van der Waals surface area contributed by atoms with Gasteiger partial charge in [-0.25, -0.2) is 9.98 Å². The molecule has 1 saturated carbocycles. The summed E-state index contributed by atoms with van der Waals surface area (Å²) in [7, 11) is 0. The number of nitrogens with zero attached hydrogens (tertiary/aromatic N) is 2. The number of pyridine rings is 1. The molecule has 1 aromatic rings. The second-order valence-electron chi connectivity index (χ2n) is 6.16. The Labute approximate surface area is 139 Å². The smallest absolute Gasteiger partial charge is 0.218 e. The van der Waals surface area contributed by atoms with E-state index < -0.39 is 0 Å². The predicted molar refractivity (Wildman–Crippen MR) is 94.8 cm³/mol. The van der Waals surface area contributed by atoms with Gasteiger partial charge in [0.05, 0.1) is 13.2 Å². The molecule has 1 aromatic heterocycles. The molecular weight excluding hydrogens is 288 g/mol. The van der Waals surface area contributed by atoms with E-state index in [0.29, 0.717) is 24.4 Å². The SMILES string of the molecule is CCNC(=NCc1cccnc1OCC)NCC1(CC)CCC1. The van der Waals surface area contributed by atoms with Crippen LogP contribution < -0.4 is 15.4 Å². The van der Waals surface area contributed by atoms with E-state index >= 15 is 0 Å². The molecule has 0 amide bonds. The van der Waals surface area contributed by atoms with E-state index in [9.17, 15) is 0 Å². The van der Waals surface area contributed by atoms with E-state index in [0.717, 1.165) is 24.6 Å². The molecule has 1 fully saturated rings. The number of ether oxygens (including phenoxy) is 1. The summed E-state index contributed by atoms with van der Waals surface area (Å²) in [5.41, 5.74) is 1.49. The second-order valence-corrected chi connectivity index (χ2v) is 6.16. The fourth-order valence-corrected chi connectivity index (χ4v) is 2.92. The summed E-state index contributed by atoms with van der Waals surface area (Å²) in [6.07, 6.45) is 7.00. The Hall–Kier alpha value is -1.78. The largest absolute Gasteiger partial charge is 0.478 e. The summed E-state index contributed by atoms with van der Waals surface area (Å²) in [5, 5.41) is 6.84. The van der Waals surface area contributed by atoms with Gasteiger partial charge in [0.1, 0.15) is 0 Å². The van der Waals surface area contributed by atoms with Crippen LogP contribution in [0, 0.1) is 5.41 Å². The Morgan fingerprint density at radius 1 is 1.30 bits per heavy atom. The highest BCUT2D eigenvalue weighted by Crippen LogP contribution is 2.42. The highest BCUT2D eigenvalue weighted by molar-refractivity contribution is 5.79. The first kappa shape index (κ1) is 17.6. The van der Waals surface area contributed by atoms with Gasteiger partial charge in [-0.3, -0.25) is 0 Å². The number of rotatable bonds is 8. The van der Waals surface area contributed by atoms with E-state index in [-0.39, 0.29) is 0 Å². The zero-order valence-corrected chi connectivity index (χ0v) is 14.7. The Kier molecular flexibility index (Phi) is 6.68. The summed E-state index contributed by atoms with van der Waals surface area (Å²) in [5.74, 6) is 1.55. The lowest BCUT2D eigenvalue weighted by atomic mass is 9.67. The molecule has 1 aliphatic rings. The van der Waals surface area contributed by atoms with E-state index in [2.05, 4.69) is 29.5 Å². The number of aliphatic imine (C=N–C) groups is 1. The minimum absolute atomic E-state index is 0.473. The fourth-order valence-electron chi connectivity index (χ4n) is 2.92. The van der Waals surface area contributed by atoms with Crippen molar-refractivity contribution in [3.05, 3.63) is 23.9 Å². The van der Waals surface area contributed by atoms with Crippen molar-refractivity contribution < 1.29 is 4.74 Å². The second kappa shape index (κ2) is 8.75. The topological polar surface area (TPSA) is 58.5 Å². The van der Waals surface area contributed by atoms with Crippen LogP contribution in [0.2, 0.25) is 0 Å². The van der Waals surface area contributed by atoms with Gasteiger partial charge in [-0.15, -0.1) is 0 Å². The minimum Gasteiger partial charge on any atom is -0.478 e. The van der Waals surface area contributed by atoms with Gasteiger partial charge in [0, 0.05) is 24.8 Å². The Morgan fingerprint density at radius 2 is 2.13 bits per heavy atom. The van der Waals surface area contributed by atoms with Crippen LogP contribution in [0.25, 0.3) is 0 Å². The van der Waals surface area contributed by atoms with Crippen LogP contribution in [-0.2, 0) is 6.54 Å². The molecule has 5 heteroatoms. The summed E-state index contributed by atoms with van der Waals surface area (Å²) >= 11 is 0. The number of hydrogen-bond donors (Lipinski definition) is 2. The first-order chi connectivity index (χ1) is 11.2. The highest BCUT2D eigenvalue weighted by Gasteiger charge is 2.34. The maximum atomic E-state index is 5.57. The molecule has 0 aliphatic heterocycles. The lowest BCUT2D eigenvalue weighted by molar-refractivity contribution is 0.131. The molecule has 1 heterocycles. The molecular formula is C18H30N4O. The van der Waals surface area contributed by atoms with Crippen LogP contribution in [0.1, 0.15) is 52.0 Å². The van der Waals surface area contributed by atoms with E-state index in [4.69, 9.17) is 9.73 Å². The number of guanidine groups is 1. The minimum atomic E-state index is 0.473. The van der Waals surface area contributed by atoms with E-state index in [1.54, 1.807) is 6.20 Å². The van der Waals surface area contributed by atoms with Crippen LogP contribution in [-0.4, -0.2) is 30.6 Å². The normalized spacial score (nSPS) is 16.6. The zero-order valence-electron chi connectivity index (χ0n) is 14.7. The van der Waals surface area contributed by atoms with Crippen molar-refractivity contribution in [3.63, 3.8) is 0 Å². The van der Waals surface area contributed by atoms with Crippen LogP contribution in [0.5, 0.6) is 5.88 Å². The standard InChI is InChI=1S/C18H30N4O/c1-4-18(10-8-11-18)14-22-17(19-5-2)21-13-15-9-7-12-20-16(15)23-6-3/h7,9,12H,4-6,8,10-11,13-14H2,1-3H3,(H2,19,21,22). The number of nitrogens with one attached hydrogen (secondary N) is 2. The molecule has 1 aliphatic carbocycles. The third-order valence-corrected chi connectivity index (χ3v) is 4.68. The fraction of sp³-hybridized carbons (Fsp3) is 0.667. The lowest BCUT2D eigenvalue weighted by Crippen LogP contribution is -2.46. The van der Waals surface area contributed by atoms with Gasteiger partial charge >= 0.3 is 0 Å². The van der Waals surface area contributed by atoms with Crippen LogP contribution >= 0.6 is 0 Å². The first-order valence-corrected chi connectivity index (χ1v) is 8.82. The molecule has 0 unspecified atom stereocenters. The van der Waals surface area contributed by atoms with Crippen molar-refractivity contribution >= 4 is 5.96 Å². The molecule has 0 atom stereocenters. The van der Waals surface area contributed by atoms with E-state index in [1.807, 2.05) is 19.1 Å². The molecule has 0 spiro atoms. The monoisotopic (exact) mass is 318 g/mol. The molecule has 2 rings (SSSR count). The number of aromatic nitrogens is 1. The molecule has 0 aromatic carbocycles. The zero-order chi connectivity index (χ0) is 16.5. The van der Waals surface area contributed by atoms with Crippen molar-refractivity contribution in [2.24, 2.45) is 10.4 Å². The van der Waals surface area contributed by atoms with Gasteiger partial charge in [0.15, 0.2) is 5.96 Å².